The Hall–Kier alpha value is 8.75. The van der Waals surface area contributed by atoms with Gasteiger partial charge >= 0.3 is 277 Å². The van der Waals surface area contributed by atoms with Crippen molar-refractivity contribution in [2.75, 3.05) is 0 Å². The van der Waals surface area contributed by atoms with E-state index >= 15 is 0 Å². The summed E-state index contributed by atoms with van der Waals surface area (Å²) in [6.45, 7) is 0. The van der Waals surface area contributed by atoms with Crippen LogP contribution in [0.15, 0.2) is 0 Å². The number of hydrogen-bond acceptors (Lipinski definition) is 24. The third-order valence-electron chi connectivity index (χ3n) is 0. The normalized spacial score (nSPS) is 4.91. The second kappa shape index (κ2) is 124. The largest absolute Gasteiger partial charge is 2.00 e. The van der Waals surface area contributed by atoms with Crippen molar-refractivity contribution in [3.63, 3.8) is 0 Å². The van der Waals surface area contributed by atoms with Crippen LogP contribution in [0.5, 0.6) is 0 Å². The molecule has 0 unspecified atom stereocenters. The van der Waals surface area contributed by atoms with Crippen LogP contribution in [0.1, 0.15) is 0 Å². The van der Waals surface area contributed by atoms with Crippen LogP contribution in [0.4, 0.5) is 0 Å². The van der Waals surface area contributed by atoms with Gasteiger partial charge in [0.15, 0.2) is 0 Å². The molecule has 24 nitrogen and oxygen atoms in total. The molecular weight excluding hydrogens is 762 g/mol. The number of rotatable bonds is 0. The van der Waals surface area contributed by atoms with Gasteiger partial charge in [0.25, 0.3) is 0 Å². The first-order chi connectivity index (χ1) is 13.9. The SMILES string of the molecule is [Mg+2].[Mg+2].[Mg+2].[Mg+2].[Mg+2].[Mg+2].[Mg+2].[Mg+2].[Mg+2].[Mg+2].[Mg+2].[Mg+2].[O-]B([O-])[O-].[O-]B([O-])[O-].[O-]B([O-])[O-].[O-]B([O-])[O-].[O-]B([O-])[O-].[O-]B([O-])[O-].[O-]B([O-])[O-].[O-]B([O-])[O-]. The van der Waals surface area contributed by atoms with Crippen molar-refractivity contribution in [3.05, 3.63) is 0 Å². The van der Waals surface area contributed by atoms with Crippen molar-refractivity contribution < 1.29 is 121 Å². The van der Waals surface area contributed by atoms with Crippen molar-refractivity contribution in [2.24, 2.45) is 0 Å². The first-order valence-corrected chi connectivity index (χ1v) is 5.66. The molecule has 192 valence electrons. The summed E-state index contributed by atoms with van der Waals surface area (Å²) >= 11 is 0. The van der Waals surface area contributed by atoms with Crippen LogP contribution in [0.25, 0.3) is 0 Å². The molecule has 0 radical (unpaired) electrons. The zero-order chi connectivity index (χ0) is 28.6. The van der Waals surface area contributed by atoms with E-state index in [2.05, 4.69) is 0 Å². The van der Waals surface area contributed by atoms with Crippen LogP contribution in [0.2, 0.25) is 0 Å². The van der Waals surface area contributed by atoms with Gasteiger partial charge < -0.3 is 121 Å². The Balaban J connectivity index is -0.00000000800. The molecule has 0 aliphatic rings. The molecule has 0 amide bonds. The predicted molar refractivity (Wildman–Crippen MR) is 115 cm³/mol. The molecule has 0 N–H and O–H groups in total. The predicted octanol–water partition coefficient (Wildman–Crippen LogP) is -36.2. The van der Waals surface area contributed by atoms with Gasteiger partial charge in [0, 0.05) is 0 Å². The third-order valence-corrected chi connectivity index (χ3v) is 0. The minimum atomic E-state index is -2.92. The summed E-state index contributed by atoms with van der Waals surface area (Å²) in [5.74, 6) is 0. The molecular formula is B8Mg12O24. The van der Waals surface area contributed by atoms with E-state index in [1.165, 1.54) is 0 Å². The summed E-state index contributed by atoms with van der Waals surface area (Å²) < 4.78 is 0. The van der Waals surface area contributed by atoms with Gasteiger partial charge in [-0.3, -0.25) is 58.6 Å². The molecule has 0 saturated heterocycles. The molecule has 0 saturated carbocycles. The molecule has 0 aromatic heterocycles. The zero-order valence-electron chi connectivity index (χ0n) is 22.9. The van der Waals surface area contributed by atoms with E-state index in [1.807, 2.05) is 0 Å². The van der Waals surface area contributed by atoms with Crippen LogP contribution >= 0.6 is 0 Å². The van der Waals surface area contributed by atoms with Crippen LogP contribution < -0.4 is 121 Å². The van der Waals surface area contributed by atoms with Crippen LogP contribution in [-0.2, 0) is 0 Å². The van der Waals surface area contributed by atoms with Gasteiger partial charge in [-0.05, 0) is 0 Å². The molecule has 0 aliphatic carbocycles. The minimum Gasteiger partial charge on any atom is -0.907 e. The second-order valence-electron chi connectivity index (χ2n) is 2.31. The summed E-state index contributed by atoms with van der Waals surface area (Å²) in [4.78, 5) is 0. The molecule has 0 aromatic rings. The van der Waals surface area contributed by atoms with E-state index in [9.17, 15) is 0 Å². The smallest absolute Gasteiger partial charge is 0.907 e. The van der Waals surface area contributed by atoms with Gasteiger partial charge in [-0.1, -0.05) is 0 Å². The molecule has 0 bridgehead atoms. The Morgan fingerprint density at radius 3 is 0.114 bits per heavy atom. The quantitative estimate of drug-likeness (QED) is 0.207. The first-order valence-electron chi connectivity index (χ1n) is 5.66. The second-order valence-corrected chi connectivity index (χ2v) is 2.31. The summed E-state index contributed by atoms with van der Waals surface area (Å²) in [7, 11) is -23.3. The summed E-state index contributed by atoms with van der Waals surface area (Å²) in [5.41, 5.74) is 0. The molecule has 44 heteroatoms. The standard InChI is InChI=1S/8BO3.12Mg/c8*2-1(3)4;;;;;;;;;;;;/q8*-3;12*+2. The average Bonchev–Trinajstić information content (AvgIpc) is 2.30. The van der Waals surface area contributed by atoms with Crippen LogP contribution in [0.3, 0.4) is 0 Å². The van der Waals surface area contributed by atoms with Gasteiger partial charge in [-0.15, -0.1) is 0 Å². The molecule has 0 spiro atoms. The fourth-order valence-corrected chi connectivity index (χ4v) is 0. The molecule has 0 fully saturated rings. The minimum absolute atomic E-state index is 0. The zero-order valence-corrected chi connectivity index (χ0v) is 39.9. The molecule has 0 aliphatic heterocycles. The van der Waals surface area contributed by atoms with Gasteiger partial charge in [0.2, 0.25) is 0 Å². The van der Waals surface area contributed by atoms with E-state index in [4.69, 9.17) is 121 Å². The van der Waals surface area contributed by atoms with Crippen molar-refractivity contribution >= 4 is 335 Å². The van der Waals surface area contributed by atoms with E-state index in [0.29, 0.717) is 0 Å². The van der Waals surface area contributed by atoms with Gasteiger partial charge in [-0.2, -0.15) is 0 Å². The molecule has 0 heterocycles. The molecule has 0 rings (SSSR count). The third kappa shape index (κ3) is 1640. The Morgan fingerprint density at radius 2 is 0.114 bits per heavy atom. The van der Waals surface area contributed by atoms with Gasteiger partial charge in [-0.25, -0.2) is 0 Å². The van der Waals surface area contributed by atoms with E-state index in [0.717, 1.165) is 0 Å². The monoisotopic (exact) mass is 760 g/mol. The Kier molecular flexibility index (Phi) is 372. The number of hydrogen-bond donors (Lipinski definition) is 0. The summed E-state index contributed by atoms with van der Waals surface area (Å²) in [5, 5.41) is 202. The topological polar surface area (TPSA) is 553 Å². The van der Waals surface area contributed by atoms with Crippen molar-refractivity contribution in [1.82, 2.24) is 0 Å². The van der Waals surface area contributed by atoms with Crippen molar-refractivity contribution in [1.29, 1.82) is 0 Å². The Labute approximate surface area is 447 Å². The van der Waals surface area contributed by atoms with Crippen molar-refractivity contribution in [2.45, 2.75) is 0 Å². The maximum atomic E-state index is 8.42. The maximum absolute atomic E-state index is 8.42. The van der Waals surface area contributed by atoms with Gasteiger partial charge in [0.1, 0.15) is 0 Å². The van der Waals surface area contributed by atoms with E-state index < -0.39 is 58.6 Å². The van der Waals surface area contributed by atoms with E-state index in [-0.39, 0.29) is 277 Å². The van der Waals surface area contributed by atoms with Crippen LogP contribution in [0, 0.1) is 0 Å². The summed E-state index contributed by atoms with van der Waals surface area (Å²) in [6.07, 6.45) is 0. The molecule has 0 atom stereocenters. The fraction of sp³-hybridized carbons (Fsp3) is 0. The van der Waals surface area contributed by atoms with E-state index in [1.54, 1.807) is 0 Å². The Morgan fingerprint density at radius 1 is 0.114 bits per heavy atom. The maximum Gasteiger partial charge on any atom is 2.00 e. The Bertz CT molecular complexity index is 173. The fourth-order valence-electron chi connectivity index (χ4n) is 0. The summed E-state index contributed by atoms with van der Waals surface area (Å²) in [6, 6.07) is 0. The van der Waals surface area contributed by atoms with Crippen LogP contribution in [-0.4, -0.2) is 335 Å². The van der Waals surface area contributed by atoms with Crippen molar-refractivity contribution in [3.8, 4) is 0 Å². The first kappa shape index (κ1) is 132. The molecule has 44 heavy (non-hydrogen) atoms. The van der Waals surface area contributed by atoms with Gasteiger partial charge in [0.05, 0.1) is 0 Å². The average molecular weight is 762 g/mol. The molecule has 0 aromatic carbocycles.